The Kier molecular flexibility index (Phi) is 10.8. The number of carboxylic acid groups (broad SMARTS) is 4. The van der Waals surface area contributed by atoms with E-state index < -0.39 is 48.9 Å². The van der Waals surface area contributed by atoms with Crippen molar-refractivity contribution in [2.75, 3.05) is 0 Å². The van der Waals surface area contributed by atoms with E-state index in [-0.39, 0.29) is 12.8 Å². The van der Waals surface area contributed by atoms with Crippen molar-refractivity contribution in [1.29, 1.82) is 0 Å². The van der Waals surface area contributed by atoms with Crippen LogP contribution in [0, 0.1) is 0 Å². The fourth-order valence-electron chi connectivity index (χ4n) is 0.859. The van der Waals surface area contributed by atoms with Gasteiger partial charge in [0, 0.05) is 6.42 Å². The molecule has 6 N–H and O–H groups in total. The lowest BCUT2D eigenvalue weighted by atomic mass is 10.2. The summed E-state index contributed by atoms with van der Waals surface area (Å²) in [6.07, 6.45) is -4.46. The van der Waals surface area contributed by atoms with E-state index in [0.29, 0.717) is 0 Å². The molecule has 0 aromatic carbocycles. The quantitative estimate of drug-likeness (QED) is 0.310. The monoisotopic (exact) mass is 296 g/mol. The number of aliphatic hydroxyl groups excluding tert-OH is 2. The summed E-state index contributed by atoms with van der Waals surface area (Å²) in [5.74, 6) is -4.90. The van der Waals surface area contributed by atoms with E-state index in [9.17, 15) is 19.2 Å². The van der Waals surface area contributed by atoms with E-state index in [1.165, 1.54) is 0 Å². The number of aliphatic hydroxyl groups is 2. The zero-order valence-electron chi connectivity index (χ0n) is 10.3. The summed E-state index contributed by atoms with van der Waals surface area (Å²) in [5.41, 5.74) is 0. The number of aliphatic carboxylic acids is 4. The second-order valence-electron chi connectivity index (χ2n) is 3.64. The van der Waals surface area contributed by atoms with Gasteiger partial charge in [-0.05, 0) is 6.42 Å². The third-order valence-electron chi connectivity index (χ3n) is 1.74. The van der Waals surface area contributed by atoms with Gasteiger partial charge in [0.2, 0.25) is 0 Å². The van der Waals surface area contributed by atoms with Crippen molar-refractivity contribution in [1.82, 2.24) is 0 Å². The van der Waals surface area contributed by atoms with Crippen molar-refractivity contribution in [3.63, 3.8) is 0 Å². The Morgan fingerprint density at radius 3 is 1.40 bits per heavy atom. The minimum Gasteiger partial charge on any atom is -0.481 e. The molecule has 0 fully saturated rings. The molecule has 0 spiro atoms. The van der Waals surface area contributed by atoms with Gasteiger partial charge in [0.25, 0.3) is 0 Å². The number of carboxylic acids is 4. The lowest BCUT2D eigenvalue weighted by Crippen LogP contribution is -2.20. The Hall–Kier alpha value is -2.20. The molecule has 0 rings (SSSR count). The molecule has 0 bridgehead atoms. The van der Waals surface area contributed by atoms with Gasteiger partial charge >= 0.3 is 23.9 Å². The fraction of sp³-hybridized carbons (Fsp3) is 0.600. The number of rotatable bonds is 8. The number of carbonyl (C=O) groups is 4. The minimum absolute atomic E-state index is 0.245. The fourth-order valence-corrected chi connectivity index (χ4v) is 0.859. The second-order valence-corrected chi connectivity index (χ2v) is 3.64. The number of hydrogen-bond acceptors (Lipinski definition) is 6. The van der Waals surface area contributed by atoms with Crippen molar-refractivity contribution in [3.05, 3.63) is 0 Å². The summed E-state index contributed by atoms with van der Waals surface area (Å²) in [7, 11) is 0. The molecule has 10 heteroatoms. The molecule has 116 valence electrons. The summed E-state index contributed by atoms with van der Waals surface area (Å²) in [6.45, 7) is 0. The predicted molar refractivity (Wildman–Crippen MR) is 61.0 cm³/mol. The molecule has 0 aromatic heterocycles. The van der Waals surface area contributed by atoms with Crippen LogP contribution >= 0.6 is 0 Å². The van der Waals surface area contributed by atoms with Gasteiger partial charge in [0.1, 0.15) is 0 Å². The van der Waals surface area contributed by atoms with Crippen LogP contribution in [0.2, 0.25) is 0 Å². The lowest BCUT2D eigenvalue weighted by Gasteiger charge is -2.01. The normalized spacial score (nSPS) is 11.2. The Morgan fingerprint density at radius 2 is 1.15 bits per heavy atom. The highest BCUT2D eigenvalue weighted by Crippen LogP contribution is 1.97. The second kappa shape index (κ2) is 10.7. The first-order valence-electron chi connectivity index (χ1n) is 5.30. The van der Waals surface area contributed by atoms with E-state index in [1.807, 2.05) is 0 Å². The highest BCUT2D eigenvalue weighted by molar-refractivity contribution is 5.73. The highest BCUT2D eigenvalue weighted by atomic mass is 16.4. The molecule has 0 amide bonds. The summed E-state index contributed by atoms with van der Waals surface area (Å²) >= 11 is 0. The van der Waals surface area contributed by atoms with Gasteiger partial charge in [-0.3, -0.25) is 14.4 Å². The van der Waals surface area contributed by atoms with Crippen LogP contribution in [-0.2, 0) is 19.2 Å². The molecular formula is C10H16O10. The van der Waals surface area contributed by atoms with E-state index in [4.69, 9.17) is 30.6 Å². The van der Waals surface area contributed by atoms with Crippen LogP contribution < -0.4 is 0 Å². The molecule has 0 radical (unpaired) electrons. The van der Waals surface area contributed by atoms with E-state index in [0.717, 1.165) is 0 Å². The van der Waals surface area contributed by atoms with Gasteiger partial charge in [-0.2, -0.15) is 0 Å². The van der Waals surface area contributed by atoms with Gasteiger partial charge in [-0.25, -0.2) is 4.79 Å². The average Bonchev–Trinajstić information content (AvgIpc) is 2.23. The number of hydrogen-bond donors (Lipinski definition) is 6. The lowest BCUT2D eigenvalue weighted by molar-refractivity contribution is -0.148. The third-order valence-corrected chi connectivity index (χ3v) is 1.74. The first-order chi connectivity index (χ1) is 9.06. The van der Waals surface area contributed by atoms with Crippen molar-refractivity contribution >= 4 is 23.9 Å². The zero-order chi connectivity index (χ0) is 16.3. The van der Waals surface area contributed by atoms with Gasteiger partial charge in [-0.1, -0.05) is 0 Å². The SMILES string of the molecule is O=C(O)CC(O)CC(=O)O.O=C(O)CCC(O)C(=O)O. The molecule has 0 aliphatic carbocycles. The van der Waals surface area contributed by atoms with Gasteiger partial charge in [-0.15, -0.1) is 0 Å². The van der Waals surface area contributed by atoms with E-state index in [2.05, 4.69) is 0 Å². The van der Waals surface area contributed by atoms with Crippen LogP contribution in [0.5, 0.6) is 0 Å². The van der Waals surface area contributed by atoms with Crippen molar-refractivity contribution < 1.29 is 49.8 Å². The van der Waals surface area contributed by atoms with Crippen molar-refractivity contribution in [2.45, 2.75) is 37.9 Å². The standard InChI is InChI=1S/2C5H8O5/c6-3(1-4(7)8)2-5(9)10;6-3(5(9)10)1-2-4(7)8/h2*3,6H,1-2H2,(H,7,8)(H,9,10). The van der Waals surface area contributed by atoms with Gasteiger partial charge in [0.15, 0.2) is 6.10 Å². The summed E-state index contributed by atoms with van der Waals surface area (Å²) in [4.78, 5) is 39.4. The van der Waals surface area contributed by atoms with Crippen LogP contribution in [-0.4, -0.2) is 66.7 Å². The van der Waals surface area contributed by atoms with Crippen LogP contribution in [0.3, 0.4) is 0 Å². The molecule has 20 heavy (non-hydrogen) atoms. The molecule has 0 aromatic rings. The first-order valence-corrected chi connectivity index (χ1v) is 5.30. The summed E-state index contributed by atoms with van der Waals surface area (Å²) < 4.78 is 0. The van der Waals surface area contributed by atoms with Crippen LogP contribution in [0.25, 0.3) is 0 Å². The van der Waals surface area contributed by atoms with Crippen LogP contribution in [0.15, 0.2) is 0 Å². The van der Waals surface area contributed by atoms with Gasteiger partial charge in [0.05, 0.1) is 18.9 Å². The highest BCUT2D eigenvalue weighted by Gasteiger charge is 2.14. The van der Waals surface area contributed by atoms with Crippen molar-refractivity contribution in [3.8, 4) is 0 Å². The smallest absolute Gasteiger partial charge is 0.332 e. The molecule has 1 unspecified atom stereocenters. The average molecular weight is 296 g/mol. The Balaban J connectivity index is 0. The maximum atomic E-state index is 9.87. The Labute approximate surface area is 112 Å². The molecule has 0 aliphatic heterocycles. The topological polar surface area (TPSA) is 190 Å². The third kappa shape index (κ3) is 15.8. The molecule has 0 saturated carbocycles. The largest absolute Gasteiger partial charge is 0.481 e. The first kappa shape index (κ1) is 20.1. The maximum Gasteiger partial charge on any atom is 0.332 e. The molecule has 0 heterocycles. The molecule has 1 atom stereocenters. The van der Waals surface area contributed by atoms with Crippen molar-refractivity contribution in [2.24, 2.45) is 0 Å². The van der Waals surface area contributed by atoms with Gasteiger partial charge < -0.3 is 30.6 Å². The Bertz CT molecular complexity index is 334. The minimum atomic E-state index is -1.56. The molecule has 10 nitrogen and oxygen atoms in total. The maximum absolute atomic E-state index is 9.87. The van der Waals surface area contributed by atoms with E-state index >= 15 is 0 Å². The summed E-state index contributed by atoms with van der Waals surface area (Å²) in [6, 6.07) is 0. The van der Waals surface area contributed by atoms with Crippen LogP contribution in [0.1, 0.15) is 25.7 Å². The molecule has 0 aliphatic rings. The van der Waals surface area contributed by atoms with Crippen LogP contribution in [0.4, 0.5) is 0 Å². The molecule has 0 saturated heterocycles. The Morgan fingerprint density at radius 1 is 0.750 bits per heavy atom. The van der Waals surface area contributed by atoms with E-state index in [1.54, 1.807) is 0 Å². The molecular weight excluding hydrogens is 280 g/mol. The zero-order valence-corrected chi connectivity index (χ0v) is 10.3. The predicted octanol–water partition coefficient (Wildman–Crippen LogP) is -1.41. The summed E-state index contributed by atoms with van der Waals surface area (Å²) in [5, 5.41) is 49.3.